The van der Waals surface area contributed by atoms with Crippen molar-refractivity contribution in [2.45, 2.75) is 55.4 Å². The smallest absolute Gasteiger partial charge is 1.00 e. The topological polar surface area (TPSA) is 271 Å². The van der Waals surface area contributed by atoms with Gasteiger partial charge in [-0.15, -0.1) is 0 Å². The van der Waals surface area contributed by atoms with Gasteiger partial charge in [0.25, 0.3) is 6.47 Å². The molecule has 0 amide bonds. The van der Waals surface area contributed by atoms with Crippen LogP contribution in [-0.2, 0) is 19.2 Å². The summed E-state index contributed by atoms with van der Waals surface area (Å²) < 4.78 is 11.2. The van der Waals surface area contributed by atoms with Gasteiger partial charge in [-0.25, -0.2) is 24.4 Å². The second-order valence-electron chi connectivity index (χ2n) is 8.13. The van der Waals surface area contributed by atoms with E-state index in [2.05, 4.69) is 24.8 Å². The Bertz CT molecular complexity index is 1420. The number of aryl methyl sites for hydroxylation is 4. The largest absolute Gasteiger partial charge is 1.00 e. The summed E-state index contributed by atoms with van der Waals surface area (Å²) in [6.07, 6.45) is 3.85. The van der Waals surface area contributed by atoms with Gasteiger partial charge in [0.1, 0.15) is 11.9 Å². The number of carboxylic acid groups (broad SMARTS) is 1. The van der Waals surface area contributed by atoms with Crippen LogP contribution in [0.3, 0.4) is 0 Å². The summed E-state index contributed by atoms with van der Waals surface area (Å²) in [4.78, 5) is 60.1. The van der Waals surface area contributed by atoms with Crippen LogP contribution in [0.4, 0.5) is 0 Å². The van der Waals surface area contributed by atoms with Crippen molar-refractivity contribution < 1.29 is 130 Å². The predicted octanol–water partition coefficient (Wildman–Crippen LogP) is -6.68. The monoisotopic (exact) mass is 672 g/mol. The molecule has 0 unspecified atom stereocenters. The first kappa shape index (κ1) is 49.5. The predicted molar refractivity (Wildman–Crippen MR) is 144 cm³/mol. The number of esters is 2. The fourth-order valence-electron chi connectivity index (χ4n) is 3.24. The maximum absolute atomic E-state index is 11.5. The molecule has 0 aromatic carbocycles. The van der Waals surface area contributed by atoms with Crippen LogP contribution in [0, 0.1) is 41.5 Å². The summed E-state index contributed by atoms with van der Waals surface area (Å²) in [6.45, 7) is 13.9. The van der Waals surface area contributed by atoms with Crippen molar-refractivity contribution >= 4 is 24.4 Å². The van der Waals surface area contributed by atoms with Crippen LogP contribution >= 0.6 is 0 Å². The number of carbonyl (C=O) groups excluding carboxylic acids is 3. The summed E-state index contributed by atoms with van der Waals surface area (Å²) in [5.74, 6) is -1.89. The van der Waals surface area contributed by atoms with Gasteiger partial charge in [-0.05, 0) is 37.7 Å². The Labute approximate surface area is 310 Å². The Kier molecular flexibility index (Phi) is 27.8. The third-order valence-corrected chi connectivity index (χ3v) is 5.29. The van der Waals surface area contributed by atoms with Gasteiger partial charge in [-0.1, -0.05) is 9.46 Å². The van der Waals surface area contributed by atoms with E-state index in [0.29, 0.717) is 57.5 Å². The SMILES string of the molecule is CCOC(=O)c1c(C)nc[n+](O)c1C.CCOC(=O)c1c(C)ncnc1C.Cc1nc[n+](O)c(C)c1C(=O)O.O.O=CO[O-].[H-].[Na+].[Na+]. The Morgan fingerprint density at radius 3 is 1.41 bits per heavy atom. The zero-order valence-corrected chi connectivity index (χ0v) is 31.5. The van der Waals surface area contributed by atoms with E-state index in [1.165, 1.54) is 19.6 Å². The number of rotatable bonds is 6. The minimum absolute atomic E-state index is 0. The Morgan fingerprint density at radius 2 is 1.09 bits per heavy atom. The Morgan fingerprint density at radius 1 is 0.761 bits per heavy atom. The molecule has 0 fully saturated rings. The quantitative estimate of drug-likeness (QED) is 0.0418. The van der Waals surface area contributed by atoms with Crippen LogP contribution in [0.1, 0.15) is 80.5 Å². The van der Waals surface area contributed by atoms with Crippen molar-refractivity contribution in [3.63, 3.8) is 0 Å². The van der Waals surface area contributed by atoms with Crippen molar-refractivity contribution in [3.8, 4) is 0 Å². The van der Waals surface area contributed by atoms with Gasteiger partial charge in [0.15, 0.2) is 33.9 Å². The third-order valence-electron chi connectivity index (χ3n) is 5.29. The zero-order valence-electron chi connectivity index (χ0n) is 28.5. The number of aromatic nitrogens is 6. The molecule has 18 nitrogen and oxygen atoms in total. The van der Waals surface area contributed by atoms with Crippen LogP contribution in [0.25, 0.3) is 0 Å². The Balaban J connectivity index is -0.000000171. The number of nitrogens with zero attached hydrogens (tertiary/aromatic N) is 6. The molecule has 3 aromatic rings. The molecule has 0 spiro atoms. The van der Waals surface area contributed by atoms with Gasteiger partial charge < -0.3 is 42.0 Å². The van der Waals surface area contributed by atoms with E-state index in [9.17, 15) is 19.6 Å². The van der Waals surface area contributed by atoms with Crippen molar-refractivity contribution in [2.24, 2.45) is 0 Å². The molecular weight excluding hydrogens is 634 g/mol. The fraction of sp³-hybridized carbons (Fsp3) is 0.385. The van der Waals surface area contributed by atoms with E-state index in [1.807, 2.05) is 0 Å². The summed E-state index contributed by atoms with van der Waals surface area (Å²) in [7, 11) is 0. The first-order valence-electron chi connectivity index (χ1n) is 12.4. The first-order valence-corrected chi connectivity index (χ1v) is 12.4. The minimum atomic E-state index is -1.08. The van der Waals surface area contributed by atoms with Crippen LogP contribution in [0.2, 0.25) is 0 Å². The third kappa shape index (κ3) is 15.8. The van der Waals surface area contributed by atoms with E-state index >= 15 is 0 Å². The molecule has 20 heteroatoms. The van der Waals surface area contributed by atoms with Crippen LogP contribution < -0.4 is 73.8 Å². The van der Waals surface area contributed by atoms with Crippen molar-refractivity contribution in [3.05, 3.63) is 69.8 Å². The van der Waals surface area contributed by atoms with Gasteiger partial charge in [-0.2, -0.15) is 0 Å². The van der Waals surface area contributed by atoms with Gasteiger partial charge in [-0.3, -0.25) is 4.79 Å². The second-order valence-corrected chi connectivity index (χ2v) is 8.13. The molecule has 3 aromatic heterocycles. The number of aromatic carboxylic acids is 1. The van der Waals surface area contributed by atoms with Crippen molar-refractivity contribution in [1.82, 2.24) is 19.9 Å². The fourth-order valence-corrected chi connectivity index (χ4v) is 3.24. The maximum atomic E-state index is 11.5. The van der Waals surface area contributed by atoms with E-state index in [4.69, 9.17) is 29.8 Å². The normalized spacial score (nSPS) is 8.80. The molecule has 0 radical (unpaired) electrons. The molecule has 0 atom stereocenters. The van der Waals surface area contributed by atoms with E-state index < -0.39 is 11.9 Å². The van der Waals surface area contributed by atoms with Crippen molar-refractivity contribution in [1.29, 1.82) is 0 Å². The Hall–Kier alpha value is -3.36. The summed E-state index contributed by atoms with van der Waals surface area (Å²) >= 11 is 0. The molecule has 3 heterocycles. The summed E-state index contributed by atoms with van der Waals surface area (Å²) in [5.41, 5.74) is 3.79. The van der Waals surface area contributed by atoms with Crippen molar-refractivity contribution in [2.75, 3.05) is 13.2 Å². The standard InChI is InChI=1S/C9H13N2O3.C9H12N2O2.C7H8N2O3.CH2O3.2Na.H2O.H/c1-4-14-9(12)8-6(2)10-5-11(13)7(8)3;1-4-13-9(12)8-6(2)10-5-11-7(8)3;1-4-6(7(10)11)5(2)9(12)3-8-4;2-1-4-3;;;;/h5,13H,4H2,1-3H3;5H,4H2,1-3H3;3H,1-2H3,(H-,10,11,12);1,3H;;;1H2;/q+1;;;;2*+1;;-1. The minimum Gasteiger partial charge on any atom is -1.00 e. The van der Waals surface area contributed by atoms with Crippen LogP contribution in [0.15, 0.2) is 19.0 Å². The molecule has 3 rings (SSSR count). The summed E-state index contributed by atoms with van der Waals surface area (Å²) in [6, 6.07) is 0. The zero-order chi connectivity index (χ0) is 33.3. The van der Waals surface area contributed by atoms with E-state index in [0.717, 1.165) is 11.1 Å². The number of carboxylic acids is 1. The average molecular weight is 673 g/mol. The first-order chi connectivity index (χ1) is 20.2. The van der Waals surface area contributed by atoms with Gasteiger partial charge >= 0.3 is 89.7 Å². The molecule has 0 aliphatic rings. The number of hydrogen-bond donors (Lipinski definition) is 3. The average Bonchev–Trinajstić information content (AvgIpc) is 2.94. The van der Waals surface area contributed by atoms with E-state index in [-0.39, 0.29) is 89.7 Å². The second kappa shape index (κ2) is 25.8. The molecule has 0 aliphatic heterocycles. The van der Waals surface area contributed by atoms with Gasteiger partial charge in [0.05, 0.1) is 24.6 Å². The number of hydrogen-bond acceptors (Lipinski definition) is 14. The van der Waals surface area contributed by atoms with Gasteiger partial charge in [0, 0.05) is 27.7 Å². The van der Waals surface area contributed by atoms with E-state index in [1.54, 1.807) is 48.5 Å². The summed E-state index contributed by atoms with van der Waals surface area (Å²) in [5, 5.41) is 35.5. The molecular formula is C26H38N6Na2O12+2. The number of carbonyl (C=O) groups is 4. The van der Waals surface area contributed by atoms with Gasteiger partial charge in [0.2, 0.25) is 0 Å². The molecule has 5 N–H and O–H groups in total. The molecule has 0 bridgehead atoms. The molecule has 0 aliphatic carbocycles. The molecule has 244 valence electrons. The maximum Gasteiger partial charge on any atom is 1.00 e. The van der Waals surface area contributed by atoms with Crippen LogP contribution in [-0.4, -0.2) is 78.5 Å². The molecule has 0 saturated heterocycles. The number of ether oxygens (including phenoxy) is 2. The van der Waals surface area contributed by atoms with Crippen LogP contribution in [0.5, 0.6) is 0 Å². The molecule has 46 heavy (non-hydrogen) atoms. The molecule has 0 saturated carbocycles.